The fourth-order valence-electron chi connectivity index (χ4n) is 3.28. The van der Waals surface area contributed by atoms with Gasteiger partial charge in [0.15, 0.2) is 5.75 Å². The summed E-state index contributed by atoms with van der Waals surface area (Å²) < 4.78 is 6.19. The van der Waals surface area contributed by atoms with Gasteiger partial charge in [-0.3, -0.25) is 9.59 Å². The number of piperazine rings is 1. The third-order valence-electron chi connectivity index (χ3n) is 5.03. The molecule has 0 unspecified atom stereocenters. The smallest absolute Gasteiger partial charge is 0.251 e. The van der Waals surface area contributed by atoms with Gasteiger partial charge >= 0.3 is 0 Å². The van der Waals surface area contributed by atoms with Gasteiger partial charge in [-0.2, -0.15) is 0 Å². The molecule has 3 N–H and O–H groups in total. The van der Waals surface area contributed by atoms with Crippen LogP contribution < -0.4 is 20.7 Å². The maximum absolute atomic E-state index is 12.5. The zero-order valence-corrected chi connectivity index (χ0v) is 20.8. The number of carbonyl (C=O) groups excluding carboxylic acids is 2. The van der Waals surface area contributed by atoms with Gasteiger partial charge in [-0.1, -0.05) is 43.0 Å². The Bertz CT molecular complexity index is 1040. The fraction of sp³-hybridized carbons (Fsp3) is 0.250. The number of ether oxygens (including phenoxy) is 1. The summed E-state index contributed by atoms with van der Waals surface area (Å²) in [6.07, 6.45) is 7.88. The first-order valence-corrected chi connectivity index (χ1v) is 11.8. The predicted octanol–water partition coefficient (Wildman–Crippen LogP) is 2.17. The molecule has 34 heavy (non-hydrogen) atoms. The number of nitrogens with two attached hydrogens (primary N) is 1. The Hall–Kier alpha value is -3.41. The first-order chi connectivity index (χ1) is 16.5. The highest BCUT2D eigenvalue weighted by Crippen LogP contribution is 2.15. The molecule has 0 aliphatic carbocycles. The zero-order valence-electron chi connectivity index (χ0n) is 18.7. The minimum Gasteiger partial charge on any atom is -0.486 e. The Kier molecular flexibility index (Phi) is 9.44. The Morgan fingerprint density at radius 1 is 1.15 bits per heavy atom. The van der Waals surface area contributed by atoms with Crippen molar-refractivity contribution in [1.29, 1.82) is 0 Å². The molecule has 2 amide bonds. The molecule has 1 aromatic heterocycles. The number of halogens is 1. The van der Waals surface area contributed by atoms with Crippen molar-refractivity contribution in [3.05, 3.63) is 82.4 Å². The second-order valence-electron chi connectivity index (χ2n) is 7.43. The van der Waals surface area contributed by atoms with Crippen molar-refractivity contribution in [1.82, 2.24) is 20.2 Å². The molecule has 1 saturated heterocycles. The maximum Gasteiger partial charge on any atom is 0.251 e. The van der Waals surface area contributed by atoms with Gasteiger partial charge in [-0.15, -0.1) is 0 Å². The van der Waals surface area contributed by atoms with Crippen LogP contribution in [0.5, 0.6) is 5.75 Å². The van der Waals surface area contributed by atoms with E-state index < -0.39 is 0 Å². The van der Waals surface area contributed by atoms with Crippen molar-refractivity contribution in [2.24, 2.45) is 5.73 Å². The average molecular weight is 574 g/mol. The highest BCUT2D eigenvalue weighted by atomic mass is 127. The van der Waals surface area contributed by atoms with Gasteiger partial charge in [0.25, 0.3) is 5.91 Å². The molecule has 1 aliphatic rings. The standard InChI is InChI=1S/C24H27IN6O3/c1-2-6-19(13-21(25)26)23(33)27-16-22(32)30-9-11-31(12-10-30)24-28-14-20(15-29-24)34-17-18-7-4-3-5-8-18/h2-8,13-15H,1,9-12,16-17,26H2,(H,27,33)/b19-6+,21-13-. The van der Waals surface area contributed by atoms with Gasteiger partial charge < -0.3 is 25.6 Å². The molecule has 9 nitrogen and oxygen atoms in total. The predicted molar refractivity (Wildman–Crippen MR) is 139 cm³/mol. The number of hydrogen-bond donors (Lipinski definition) is 2. The highest BCUT2D eigenvalue weighted by Gasteiger charge is 2.23. The van der Waals surface area contributed by atoms with E-state index in [0.717, 1.165) is 5.56 Å². The van der Waals surface area contributed by atoms with E-state index in [1.165, 1.54) is 12.2 Å². The Labute approximate surface area is 212 Å². The second kappa shape index (κ2) is 12.7. The zero-order chi connectivity index (χ0) is 24.3. The van der Waals surface area contributed by atoms with Crippen LogP contribution in [-0.2, 0) is 16.2 Å². The molecular formula is C24H27IN6O3. The molecule has 0 radical (unpaired) electrons. The van der Waals surface area contributed by atoms with Crippen LogP contribution in [0.4, 0.5) is 5.95 Å². The Morgan fingerprint density at radius 3 is 2.44 bits per heavy atom. The molecule has 1 aliphatic heterocycles. The van der Waals surface area contributed by atoms with E-state index in [9.17, 15) is 9.59 Å². The lowest BCUT2D eigenvalue weighted by Crippen LogP contribution is -2.51. The minimum atomic E-state index is -0.380. The number of rotatable bonds is 9. The lowest BCUT2D eigenvalue weighted by atomic mass is 10.2. The summed E-state index contributed by atoms with van der Waals surface area (Å²) in [4.78, 5) is 37.4. The SMILES string of the molecule is C=C/C=C(\C=C(/N)I)C(=O)NCC(=O)N1CCN(c2ncc(OCc3ccccc3)cn2)CC1. The number of allylic oxidation sites excluding steroid dienone is 2. The van der Waals surface area contributed by atoms with Crippen LogP contribution in [-0.4, -0.2) is 59.4 Å². The summed E-state index contributed by atoms with van der Waals surface area (Å²) in [7, 11) is 0. The molecule has 0 bridgehead atoms. The quantitative estimate of drug-likeness (QED) is 0.204. The fourth-order valence-corrected chi connectivity index (χ4v) is 3.61. The van der Waals surface area contributed by atoms with Gasteiger partial charge in [-0.05, 0) is 40.3 Å². The van der Waals surface area contributed by atoms with E-state index in [-0.39, 0.29) is 18.4 Å². The van der Waals surface area contributed by atoms with Crippen LogP contribution in [0.3, 0.4) is 0 Å². The number of anilines is 1. The molecule has 3 rings (SSSR count). The molecule has 0 spiro atoms. The lowest BCUT2D eigenvalue weighted by molar-refractivity contribution is -0.132. The maximum atomic E-state index is 12.5. The summed E-state index contributed by atoms with van der Waals surface area (Å²) in [6, 6.07) is 9.89. The van der Waals surface area contributed by atoms with Gasteiger partial charge in [0, 0.05) is 31.8 Å². The van der Waals surface area contributed by atoms with Crippen molar-refractivity contribution in [3.63, 3.8) is 0 Å². The first kappa shape index (κ1) is 25.2. The summed E-state index contributed by atoms with van der Waals surface area (Å²) in [5, 5.41) is 2.64. The van der Waals surface area contributed by atoms with Crippen LogP contribution in [0.15, 0.2) is 76.8 Å². The molecule has 2 aromatic rings. The average Bonchev–Trinajstić information content (AvgIpc) is 2.86. The van der Waals surface area contributed by atoms with Crippen molar-refractivity contribution in [3.8, 4) is 5.75 Å². The van der Waals surface area contributed by atoms with E-state index in [4.69, 9.17) is 10.5 Å². The van der Waals surface area contributed by atoms with E-state index in [0.29, 0.717) is 53.8 Å². The van der Waals surface area contributed by atoms with E-state index >= 15 is 0 Å². The topological polar surface area (TPSA) is 114 Å². The summed E-state index contributed by atoms with van der Waals surface area (Å²) in [5.41, 5.74) is 7.05. The highest BCUT2D eigenvalue weighted by molar-refractivity contribution is 14.1. The largest absolute Gasteiger partial charge is 0.486 e. The molecule has 1 fully saturated rings. The molecular weight excluding hydrogens is 547 g/mol. The van der Waals surface area contributed by atoms with Crippen molar-refractivity contribution in [2.45, 2.75) is 6.61 Å². The molecule has 2 heterocycles. The molecule has 10 heteroatoms. The number of benzene rings is 1. The van der Waals surface area contributed by atoms with Crippen LogP contribution >= 0.6 is 22.6 Å². The molecule has 0 atom stereocenters. The third kappa shape index (κ3) is 7.58. The summed E-state index contributed by atoms with van der Waals surface area (Å²) in [5.74, 6) is 0.661. The van der Waals surface area contributed by atoms with E-state index in [1.54, 1.807) is 23.4 Å². The monoisotopic (exact) mass is 574 g/mol. The molecule has 178 valence electrons. The van der Waals surface area contributed by atoms with Crippen molar-refractivity contribution < 1.29 is 14.3 Å². The van der Waals surface area contributed by atoms with E-state index in [2.05, 4.69) is 21.9 Å². The second-order valence-corrected chi connectivity index (χ2v) is 8.68. The number of nitrogens with zero attached hydrogens (tertiary/aromatic N) is 4. The van der Waals surface area contributed by atoms with Gasteiger partial charge in [0.2, 0.25) is 11.9 Å². The third-order valence-corrected chi connectivity index (χ3v) is 5.34. The van der Waals surface area contributed by atoms with E-state index in [1.807, 2.05) is 57.8 Å². The number of amides is 2. The van der Waals surface area contributed by atoms with Crippen LogP contribution in [0, 0.1) is 0 Å². The first-order valence-electron chi connectivity index (χ1n) is 10.7. The number of hydrogen-bond acceptors (Lipinski definition) is 7. The molecule has 1 aromatic carbocycles. The molecule has 0 saturated carbocycles. The van der Waals surface area contributed by atoms with Gasteiger partial charge in [0.1, 0.15) is 6.61 Å². The Balaban J connectivity index is 1.45. The van der Waals surface area contributed by atoms with Gasteiger partial charge in [-0.25, -0.2) is 9.97 Å². The van der Waals surface area contributed by atoms with Gasteiger partial charge in [0.05, 0.1) is 22.6 Å². The number of aromatic nitrogens is 2. The van der Waals surface area contributed by atoms with Crippen LogP contribution in [0.2, 0.25) is 0 Å². The minimum absolute atomic E-state index is 0.0910. The van der Waals surface area contributed by atoms with Crippen LogP contribution in [0.25, 0.3) is 0 Å². The van der Waals surface area contributed by atoms with Crippen molar-refractivity contribution >= 4 is 40.4 Å². The Morgan fingerprint density at radius 2 is 1.82 bits per heavy atom. The number of carbonyl (C=O) groups is 2. The summed E-state index contributed by atoms with van der Waals surface area (Å²) in [6.45, 7) is 6.17. The van der Waals surface area contributed by atoms with Crippen LogP contribution in [0.1, 0.15) is 5.56 Å². The normalized spacial score (nSPS) is 14.5. The number of nitrogens with one attached hydrogen (secondary N) is 1. The lowest BCUT2D eigenvalue weighted by Gasteiger charge is -2.34. The van der Waals surface area contributed by atoms with Crippen molar-refractivity contribution in [2.75, 3.05) is 37.6 Å². The summed E-state index contributed by atoms with van der Waals surface area (Å²) >= 11 is 1.91.